The first-order valence-corrected chi connectivity index (χ1v) is 7.86. The lowest BCUT2D eigenvalue weighted by Crippen LogP contribution is -2.43. The van der Waals surface area contributed by atoms with Gasteiger partial charge in [-0.15, -0.1) is 0 Å². The Morgan fingerprint density at radius 2 is 2.10 bits per heavy atom. The number of halogens is 1. The van der Waals surface area contributed by atoms with Crippen molar-refractivity contribution in [1.29, 1.82) is 0 Å². The average Bonchev–Trinajstić information content (AvgIpc) is 2.46. The van der Waals surface area contributed by atoms with Gasteiger partial charge in [0.25, 0.3) is 5.91 Å². The molecular formula is C15H22BrN3O. The van der Waals surface area contributed by atoms with Crippen molar-refractivity contribution in [2.24, 2.45) is 17.4 Å². The molecule has 0 saturated heterocycles. The lowest BCUT2D eigenvalue weighted by molar-refractivity contribution is 0.100. The van der Waals surface area contributed by atoms with Crippen molar-refractivity contribution in [1.82, 2.24) is 0 Å². The standard InChI is InChI=1S/C15H22BrN3O/c1-19(13-5-3-2-4-10(13)9-17)14-8-11(16)6-7-12(14)15(18)20/h6-8,10,13H,2-5,9,17H2,1H3,(H2,18,20). The van der Waals surface area contributed by atoms with E-state index in [-0.39, 0.29) is 5.91 Å². The van der Waals surface area contributed by atoms with E-state index in [0.717, 1.165) is 23.0 Å². The van der Waals surface area contributed by atoms with Crippen molar-refractivity contribution >= 4 is 27.5 Å². The molecule has 0 bridgehead atoms. The number of rotatable bonds is 4. The maximum atomic E-state index is 11.6. The van der Waals surface area contributed by atoms with Crippen LogP contribution >= 0.6 is 15.9 Å². The summed E-state index contributed by atoms with van der Waals surface area (Å²) >= 11 is 3.47. The van der Waals surface area contributed by atoms with Crippen LogP contribution in [0, 0.1) is 5.92 Å². The molecule has 2 atom stereocenters. The number of nitrogens with zero attached hydrogens (tertiary/aromatic N) is 1. The SMILES string of the molecule is CN(c1cc(Br)ccc1C(N)=O)C1CCCCC1CN. The Labute approximate surface area is 128 Å². The van der Waals surface area contributed by atoms with Crippen molar-refractivity contribution in [3.63, 3.8) is 0 Å². The van der Waals surface area contributed by atoms with Gasteiger partial charge in [-0.1, -0.05) is 28.8 Å². The normalized spacial score (nSPS) is 22.6. The first-order valence-electron chi connectivity index (χ1n) is 7.07. The zero-order valence-electron chi connectivity index (χ0n) is 11.8. The van der Waals surface area contributed by atoms with Crippen molar-refractivity contribution in [2.75, 3.05) is 18.5 Å². The van der Waals surface area contributed by atoms with Crippen LogP contribution in [0.2, 0.25) is 0 Å². The van der Waals surface area contributed by atoms with Gasteiger partial charge in [0.05, 0.1) is 11.3 Å². The molecule has 4 N–H and O–H groups in total. The molecule has 5 heteroatoms. The van der Waals surface area contributed by atoms with Gasteiger partial charge in [-0.3, -0.25) is 4.79 Å². The number of nitrogens with two attached hydrogens (primary N) is 2. The molecule has 2 rings (SSSR count). The zero-order chi connectivity index (χ0) is 14.7. The van der Waals surface area contributed by atoms with Crippen LogP contribution in [0.15, 0.2) is 22.7 Å². The third kappa shape index (κ3) is 3.15. The van der Waals surface area contributed by atoms with Gasteiger partial charge in [0.1, 0.15) is 0 Å². The molecule has 1 aliphatic rings. The Hall–Kier alpha value is -1.07. The van der Waals surface area contributed by atoms with E-state index in [9.17, 15) is 4.79 Å². The van der Waals surface area contributed by atoms with Gasteiger partial charge in [0.2, 0.25) is 0 Å². The summed E-state index contributed by atoms with van der Waals surface area (Å²) in [7, 11) is 2.03. The summed E-state index contributed by atoms with van der Waals surface area (Å²) in [5, 5.41) is 0. The van der Waals surface area contributed by atoms with Crippen molar-refractivity contribution in [2.45, 2.75) is 31.7 Å². The van der Waals surface area contributed by atoms with Gasteiger partial charge in [-0.25, -0.2) is 0 Å². The summed E-state index contributed by atoms with van der Waals surface area (Å²) in [6.45, 7) is 0.689. The van der Waals surface area contributed by atoms with Gasteiger partial charge in [0.15, 0.2) is 0 Å². The molecule has 1 aromatic rings. The molecule has 0 aliphatic heterocycles. The number of hydrogen-bond donors (Lipinski definition) is 2. The van der Waals surface area contributed by atoms with E-state index in [4.69, 9.17) is 11.5 Å². The number of amides is 1. The molecule has 1 aromatic carbocycles. The fraction of sp³-hybridized carbons (Fsp3) is 0.533. The molecule has 110 valence electrons. The predicted octanol–water partition coefficient (Wildman–Crippen LogP) is 2.50. The molecule has 0 aromatic heterocycles. The summed E-state index contributed by atoms with van der Waals surface area (Å²) in [6.07, 6.45) is 4.73. The third-order valence-electron chi connectivity index (χ3n) is 4.27. The van der Waals surface area contributed by atoms with Crippen LogP contribution in [0.4, 0.5) is 5.69 Å². The molecule has 4 nitrogen and oxygen atoms in total. The summed E-state index contributed by atoms with van der Waals surface area (Å²) in [4.78, 5) is 13.8. The van der Waals surface area contributed by atoms with Crippen LogP contribution in [0.25, 0.3) is 0 Å². The van der Waals surface area contributed by atoms with E-state index >= 15 is 0 Å². The second-order valence-electron chi connectivity index (χ2n) is 5.48. The Kier molecular flexibility index (Phi) is 5.05. The second kappa shape index (κ2) is 6.59. The maximum Gasteiger partial charge on any atom is 0.250 e. The molecule has 0 heterocycles. The molecule has 1 aliphatic carbocycles. The number of carbonyl (C=O) groups excluding carboxylic acids is 1. The molecule has 2 unspecified atom stereocenters. The van der Waals surface area contributed by atoms with Crippen LogP contribution in [-0.4, -0.2) is 25.5 Å². The average molecular weight is 340 g/mol. The molecule has 1 saturated carbocycles. The number of primary amides is 1. The quantitative estimate of drug-likeness (QED) is 0.885. The second-order valence-corrected chi connectivity index (χ2v) is 6.40. The van der Waals surface area contributed by atoms with Gasteiger partial charge < -0.3 is 16.4 Å². The Bertz CT molecular complexity index is 492. The smallest absolute Gasteiger partial charge is 0.250 e. The molecule has 0 radical (unpaired) electrons. The van der Waals surface area contributed by atoms with E-state index in [1.165, 1.54) is 12.8 Å². The minimum Gasteiger partial charge on any atom is -0.371 e. The third-order valence-corrected chi connectivity index (χ3v) is 4.77. The van der Waals surface area contributed by atoms with Crippen molar-refractivity contribution < 1.29 is 4.79 Å². The van der Waals surface area contributed by atoms with E-state index in [1.54, 1.807) is 6.07 Å². The summed E-state index contributed by atoms with van der Waals surface area (Å²) in [6, 6.07) is 5.96. The maximum absolute atomic E-state index is 11.6. The highest BCUT2D eigenvalue weighted by Gasteiger charge is 2.29. The summed E-state index contributed by atoms with van der Waals surface area (Å²) in [5.74, 6) is 0.0907. The first-order chi connectivity index (χ1) is 9.54. The number of benzene rings is 1. The van der Waals surface area contributed by atoms with E-state index in [1.807, 2.05) is 19.2 Å². The highest BCUT2D eigenvalue weighted by Crippen LogP contribution is 2.33. The predicted molar refractivity (Wildman–Crippen MR) is 85.9 cm³/mol. The summed E-state index contributed by atoms with van der Waals surface area (Å²) < 4.78 is 0.949. The number of carbonyl (C=O) groups is 1. The van der Waals surface area contributed by atoms with Crippen LogP contribution in [0.5, 0.6) is 0 Å². The molecular weight excluding hydrogens is 318 g/mol. The van der Waals surface area contributed by atoms with Crippen molar-refractivity contribution in [3.05, 3.63) is 28.2 Å². The van der Waals surface area contributed by atoms with Gasteiger partial charge in [-0.05, 0) is 43.5 Å². The van der Waals surface area contributed by atoms with Gasteiger partial charge in [0, 0.05) is 17.6 Å². The minimum absolute atomic E-state index is 0.376. The highest BCUT2D eigenvalue weighted by atomic mass is 79.9. The lowest BCUT2D eigenvalue weighted by Gasteiger charge is -2.39. The van der Waals surface area contributed by atoms with Crippen LogP contribution in [-0.2, 0) is 0 Å². The molecule has 20 heavy (non-hydrogen) atoms. The van der Waals surface area contributed by atoms with Crippen LogP contribution in [0.3, 0.4) is 0 Å². The fourth-order valence-corrected chi connectivity index (χ4v) is 3.51. The molecule has 0 spiro atoms. The topological polar surface area (TPSA) is 72.3 Å². The largest absolute Gasteiger partial charge is 0.371 e. The Morgan fingerprint density at radius 3 is 2.75 bits per heavy atom. The van der Waals surface area contributed by atoms with Gasteiger partial charge >= 0.3 is 0 Å². The number of anilines is 1. The zero-order valence-corrected chi connectivity index (χ0v) is 13.4. The first kappa shape index (κ1) is 15.3. The summed E-state index contributed by atoms with van der Waals surface area (Å²) in [5.41, 5.74) is 12.9. The monoisotopic (exact) mass is 339 g/mol. The van der Waals surface area contributed by atoms with Crippen LogP contribution < -0.4 is 16.4 Å². The van der Waals surface area contributed by atoms with Crippen molar-refractivity contribution in [3.8, 4) is 0 Å². The van der Waals surface area contributed by atoms with E-state index < -0.39 is 0 Å². The van der Waals surface area contributed by atoms with E-state index in [0.29, 0.717) is 24.1 Å². The van der Waals surface area contributed by atoms with Crippen LogP contribution in [0.1, 0.15) is 36.0 Å². The lowest BCUT2D eigenvalue weighted by atomic mass is 9.83. The molecule has 1 fully saturated rings. The Balaban J connectivity index is 2.33. The Morgan fingerprint density at radius 1 is 1.40 bits per heavy atom. The molecule has 1 amide bonds. The van der Waals surface area contributed by atoms with E-state index in [2.05, 4.69) is 20.8 Å². The fourth-order valence-electron chi connectivity index (χ4n) is 3.16. The number of hydrogen-bond acceptors (Lipinski definition) is 3. The van der Waals surface area contributed by atoms with Gasteiger partial charge in [-0.2, -0.15) is 0 Å². The highest BCUT2D eigenvalue weighted by molar-refractivity contribution is 9.10. The minimum atomic E-state index is -0.389.